The molecule has 1 aliphatic carbocycles. The molecule has 0 aromatic carbocycles. The van der Waals surface area contributed by atoms with Crippen LogP contribution < -0.4 is 5.73 Å². The Morgan fingerprint density at radius 1 is 1.71 bits per heavy atom. The van der Waals surface area contributed by atoms with Gasteiger partial charge in [0.05, 0.1) is 18.1 Å². The van der Waals surface area contributed by atoms with Gasteiger partial charge in [-0.3, -0.25) is 4.79 Å². The van der Waals surface area contributed by atoms with Gasteiger partial charge in [0.15, 0.2) is 0 Å². The summed E-state index contributed by atoms with van der Waals surface area (Å²) in [5.74, 6) is -0.0397. The van der Waals surface area contributed by atoms with Gasteiger partial charge in [0.2, 0.25) is 0 Å². The molecule has 4 heteroatoms. The van der Waals surface area contributed by atoms with Gasteiger partial charge in [0.25, 0.3) is 0 Å². The molecular weight excluding hydrogens is 182 g/mol. The zero-order chi connectivity index (χ0) is 10.2. The lowest BCUT2D eigenvalue weighted by atomic mass is 9.83. The third kappa shape index (κ3) is 1.23. The first-order valence-electron chi connectivity index (χ1n) is 4.67. The number of rotatable bonds is 3. The molecule has 1 aromatic heterocycles. The van der Waals surface area contributed by atoms with Crippen LogP contribution in [0.15, 0.2) is 16.7 Å². The smallest absolute Gasteiger partial charge is 0.304 e. The summed E-state index contributed by atoms with van der Waals surface area (Å²) in [4.78, 5) is 10.8. The predicted octanol–water partition coefficient (Wildman–Crippen LogP) is 0.897. The van der Waals surface area contributed by atoms with E-state index in [9.17, 15) is 4.79 Å². The fraction of sp³-hybridized carbons (Fsp3) is 0.500. The number of aliphatic carboxylic acids is 1. The molecule has 0 saturated carbocycles. The van der Waals surface area contributed by atoms with E-state index in [0.717, 1.165) is 24.2 Å². The number of carbonyl (C=O) groups is 1. The molecule has 14 heavy (non-hydrogen) atoms. The van der Waals surface area contributed by atoms with Gasteiger partial charge in [-0.1, -0.05) is 0 Å². The molecule has 1 aliphatic rings. The number of aryl methyl sites for hydroxylation is 1. The van der Waals surface area contributed by atoms with Crippen LogP contribution in [-0.2, 0) is 16.6 Å². The fourth-order valence-electron chi connectivity index (χ4n) is 2.21. The lowest BCUT2D eigenvalue weighted by Gasteiger charge is -2.23. The van der Waals surface area contributed by atoms with Crippen LogP contribution in [0.5, 0.6) is 0 Å². The first-order valence-corrected chi connectivity index (χ1v) is 4.67. The molecule has 1 atom stereocenters. The Bertz CT molecular complexity index is 358. The second kappa shape index (κ2) is 3.13. The standard InChI is InChI=1S/C10H13NO3/c11-6-10(5-8(12)13)3-1-7-2-4-14-9(7)10/h2,4H,1,3,5-6,11H2,(H,12,13). The minimum atomic E-state index is -0.820. The van der Waals surface area contributed by atoms with Crippen molar-refractivity contribution in [1.29, 1.82) is 0 Å². The van der Waals surface area contributed by atoms with Gasteiger partial charge in [0.1, 0.15) is 5.76 Å². The van der Waals surface area contributed by atoms with Crippen LogP contribution in [0.1, 0.15) is 24.2 Å². The number of carboxylic acid groups (broad SMARTS) is 1. The Morgan fingerprint density at radius 3 is 3.14 bits per heavy atom. The van der Waals surface area contributed by atoms with Crippen molar-refractivity contribution < 1.29 is 14.3 Å². The van der Waals surface area contributed by atoms with Crippen LogP contribution in [-0.4, -0.2) is 17.6 Å². The molecule has 1 unspecified atom stereocenters. The number of hydrogen-bond donors (Lipinski definition) is 2. The summed E-state index contributed by atoms with van der Waals surface area (Å²) >= 11 is 0. The highest BCUT2D eigenvalue weighted by molar-refractivity contribution is 5.69. The lowest BCUT2D eigenvalue weighted by molar-refractivity contribution is -0.138. The van der Waals surface area contributed by atoms with Gasteiger partial charge >= 0.3 is 5.97 Å². The van der Waals surface area contributed by atoms with Gasteiger partial charge in [-0.05, 0) is 24.5 Å². The minimum absolute atomic E-state index is 0.0595. The van der Waals surface area contributed by atoms with E-state index in [0.29, 0.717) is 6.54 Å². The highest BCUT2D eigenvalue weighted by atomic mass is 16.4. The second-order valence-corrected chi connectivity index (χ2v) is 3.83. The Morgan fingerprint density at radius 2 is 2.50 bits per heavy atom. The minimum Gasteiger partial charge on any atom is -0.481 e. The molecule has 0 fully saturated rings. The lowest BCUT2D eigenvalue weighted by Crippen LogP contribution is -2.35. The third-order valence-electron chi connectivity index (χ3n) is 2.98. The topological polar surface area (TPSA) is 76.5 Å². The Kier molecular flexibility index (Phi) is 2.07. The molecule has 0 aliphatic heterocycles. The number of furan rings is 1. The molecule has 4 nitrogen and oxygen atoms in total. The molecule has 0 radical (unpaired) electrons. The molecule has 76 valence electrons. The van der Waals surface area contributed by atoms with E-state index in [1.54, 1.807) is 6.26 Å². The summed E-state index contributed by atoms with van der Waals surface area (Å²) in [5.41, 5.74) is 6.31. The molecule has 1 heterocycles. The molecular formula is C10H13NO3. The van der Waals surface area contributed by atoms with E-state index in [2.05, 4.69) is 0 Å². The van der Waals surface area contributed by atoms with Crippen molar-refractivity contribution >= 4 is 5.97 Å². The third-order valence-corrected chi connectivity index (χ3v) is 2.98. The zero-order valence-electron chi connectivity index (χ0n) is 7.82. The van der Waals surface area contributed by atoms with Crippen LogP contribution in [0.25, 0.3) is 0 Å². The van der Waals surface area contributed by atoms with E-state index < -0.39 is 11.4 Å². The molecule has 0 amide bonds. The number of carboxylic acids is 1. The average Bonchev–Trinajstić information content (AvgIpc) is 2.68. The first kappa shape index (κ1) is 9.27. The maximum absolute atomic E-state index is 10.8. The van der Waals surface area contributed by atoms with E-state index in [1.807, 2.05) is 6.07 Å². The van der Waals surface area contributed by atoms with Crippen molar-refractivity contribution in [2.45, 2.75) is 24.7 Å². The summed E-state index contributed by atoms with van der Waals surface area (Å²) in [7, 11) is 0. The maximum atomic E-state index is 10.8. The number of hydrogen-bond acceptors (Lipinski definition) is 3. The molecule has 0 spiro atoms. The van der Waals surface area contributed by atoms with Gasteiger partial charge in [-0.25, -0.2) is 0 Å². The van der Waals surface area contributed by atoms with Crippen molar-refractivity contribution in [2.24, 2.45) is 5.73 Å². The summed E-state index contributed by atoms with van der Waals surface area (Å²) in [5, 5.41) is 8.84. The normalized spacial score (nSPS) is 24.9. The van der Waals surface area contributed by atoms with Crippen molar-refractivity contribution in [3.05, 3.63) is 23.7 Å². The van der Waals surface area contributed by atoms with Crippen molar-refractivity contribution in [2.75, 3.05) is 6.54 Å². The van der Waals surface area contributed by atoms with Crippen LogP contribution in [0.2, 0.25) is 0 Å². The van der Waals surface area contributed by atoms with Crippen LogP contribution in [0.3, 0.4) is 0 Å². The highest BCUT2D eigenvalue weighted by Crippen LogP contribution is 2.41. The summed E-state index contributed by atoms with van der Waals surface area (Å²) < 4.78 is 5.34. The van der Waals surface area contributed by atoms with Gasteiger partial charge in [0, 0.05) is 6.54 Å². The molecule has 1 aromatic rings. The van der Waals surface area contributed by atoms with Gasteiger partial charge < -0.3 is 15.3 Å². The predicted molar refractivity (Wildman–Crippen MR) is 50.0 cm³/mol. The van der Waals surface area contributed by atoms with Crippen molar-refractivity contribution in [1.82, 2.24) is 0 Å². The largest absolute Gasteiger partial charge is 0.481 e. The zero-order valence-corrected chi connectivity index (χ0v) is 7.82. The first-order chi connectivity index (χ1) is 6.68. The van der Waals surface area contributed by atoms with Crippen LogP contribution in [0.4, 0.5) is 0 Å². The van der Waals surface area contributed by atoms with Gasteiger partial charge in [-0.15, -0.1) is 0 Å². The molecule has 3 N–H and O–H groups in total. The maximum Gasteiger partial charge on any atom is 0.304 e. The van der Waals surface area contributed by atoms with E-state index in [-0.39, 0.29) is 6.42 Å². The van der Waals surface area contributed by atoms with Crippen molar-refractivity contribution in [3.63, 3.8) is 0 Å². The van der Waals surface area contributed by atoms with E-state index in [1.165, 1.54) is 0 Å². The SMILES string of the molecule is NCC1(CC(=O)O)CCc2ccoc21. The summed E-state index contributed by atoms with van der Waals surface area (Å²) in [6.07, 6.45) is 3.32. The Hall–Kier alpha value is -1.29. The summed E-state index contributed by atoms with van der Waals surface area (Å²) in [6, 6.07) is 1.90. The molecule has 2 rings (SSSR count). The number of fused-ring (bicyclic) bond motifs is 1. The van der Waals surface area contributed by atoms with Crippen LogP contribution >= 0.6 is 0 Å². The van der Waals surface area contributed by atoms with E-state index in [4.69, 9.17) is 15.3 Å². The highest BCUT2D eigenvalue weighted by Gasteiger charge is 2.42. The number of nitrogens with two attached hydrogens (primary N) is 1. The second-order valence-electron chi connectivity index (χ2n) is 3.83. The van der Waals surface area contributed by atoms with E-state index >= 15 is 0 Å². The van der Waals surface area contributed by atoms with Crippen molar-refractivity contribution in [3.8, 4) is 0 Å². The molecule has 0 bridgehead atoms. The Balaban J connectivity index is 2.35. The fourth-order valence-corrected chi connectivity index (χ4v) is 2.21. The monoisotopic (exact) mass is 195 g/mol. The quantitative estimate of drug-likeness (QED) is 0.751. The van der Waals surface area contributed by atoms with Gasteiger partial charge in [-0.2, -0.15) is 0 Å². The van der Waals surface area contributed by atoms with Crippen LogP contribution in [0, 0.1) is 0 Å². The average molecular weight is 195 g/mol. The molecule has 0 saturated heterocycles. The summed E-state index contributed by atoms with van der Waals surface area (Å²) in [6.45, 7) is 0.333. The Labute approximate surface area is 81.7 Å².